The molecule has 8 heteroatoms. The van der Waals surface area contributed by atoms with E-state index in [0.29, 0.717) is 10.6 Å². The van der Waals surface area contributed by atoms with Crippen LogP contribution in [0.15, 0.2) is 27.8 Å². The smallest absolute Gasteiger partial charge is 0.345 e. The molecule has 0 bridgehead atoms. The molecule has 2 rings (SSSR count). The summed E-state index contributed by atoms with van der Waals surface area (Å²) in [5.41, 5.74) is 0.442. The number of nitriles is 1. The fourth-order valence-corrected chi connectivity index (χ4v) is 3.74. The van der Waals surface area contributed by atoms with Crippen molar-refractivity contribution >= 4 is 51.3 Å². The topological polar surface area (TPSA) is 90.2 Å². The molecule has 0 aliphatic carbocycles. The second-order valence-corrected chi connectivity index (χ2v) is 6.44. The largest absolute Gasteiger partial charge is 0.477 e. The highest BCUT2D eigenvalue weighted by Gasteiger charge is 2.11. The Morgan fingerprint density at radius 1 is 1.45 bits per heavy atom. The molecule has 0 saturated carbocycles. The molecule has 0 radical (unpaired) electrons. The summed E-state index contributed by atoms with van der Waals surface area (Å²) in [4.78, 5) is 23.5. The first-order valence-electron chi connectivity index (χ1n) is 5.32. The number of thiophene rings is 2. The van der Waals surface area contributed by atoms with E-state index in [2.05, 4.69) is 5.32 Å². The standard InChI is InChI=1S/C12H8N2O3S3/c13-4-7-1-2-18-11(7)14-10(15)6-19-8-3-9(12(16)17)20-5-8/h1-3,5H,6H2,(H,14,15)(H,16,17). The van der Waals surface area contributed by atoms with E-state index >= 15 is 0 Å². The molecule has 0 aliphatic rings. The molecule has 2 heterocycles. The minimum absolute atomic E-state index is 0.165. The maximum absolute atomic E-state index is 11.7. The zero-order valence-electron chi connectivity index (χ0n) is 9.95. The summed E-state index contributed by atoms with van der Waals surface area (Å²) in [5.74, 6) is -1.03. The summed E-state index contributed by atoms with van der Waals surface area (Å²) in [6, 6.07) is 5.18. The average molecular weight is 324 g/mol. The Bertz CT molecular complexity index is 684. The number of carbonyl (C=O) groups excluding carboxylic acids is 1. The number of hydrogen-bond acceptors (Lipinski definition) is 6. The lowest BCUT2D eigenvalue weighted by atomic mass is 10.3. The molecule has 1 amide bonds. The summed E-state index contributed by atoms with van der Waals surface area (Å²) in [7, 11) is 0. The van der Waals surface area contributed by atoms with Gasteiger partial charge in [-0.15, -0.1) is 34.4 Å². The summed E-state index contributed by atoms with van der Waals surface area (Å²) < 4.78 is 0. The Kier molecular flexibility index (Phi) is 4.79. The highest BCUT2D eigenvalue weighted by molar-refractivity contribution is 8.00. The van der Waals surface area contributed by atoms with Crippen LogP contribution >= 0.6 is 34.4 Å². The monoisotopic (exact) mass is 324 g/mol. The number of nitrogens with zero attached hydrogens (tertiary/aromatic N) is 1. The van der Waals surface area contributed by atoms with Gasteiger partial charge in [0.05, 0.1) is 11.3 Å². The second kappa shape index (κ2) is 6.56. The van der Waals surface area contributed by atoms with E-state index in [0.717, 1.165) is 16.2 Å². The lowest BCUT2D eigenvalue weighted by Crippen LogP contribution is -2.13. The third-order valence-corrected chi connectivity index (χ3v) is 5.07. The first kappa shape index (κ1) is 14.6. The predicted octanol–water partition coefficient (Wildman–Crippen LogP) is 3.11. The van der Waals surface area contributed by atoms with Gasteiger partial charge in [-0.3, -0.25) is 4.79 Å². The number of aromatic carboxylic acids is 1. The maximum atomic E-state index is 11.7. The molecule has 2 N–H and O–H groups in total. The lowest BCUT2D eigenvalue weighted by molar-refractivity contribution is -0.113. The molecule has 102 valence electrons. The zero-order chi connectivity index (χ0) is 14.5. The molecule has 2 aromatic rings. The van der Waals surface area contributed by atoms with Crippen LogP contribution in [-0.4, -0.2) is 22.7 Å². The van der Waals surface area contributed by atoms with E-state index in [1.165, 1.54) is 29.2 Å². The molecular formula is C12H8N2O3S3. The quantitative estimate of drug-likeness (QED) is 0.825. The van der Waals surface area contributed by atoms with Crippen LogP contribution in [0.5, 0.6) is 0 Å². The van der Waals surface area contributed by atoms with Crippen LogP contribution in [-0.2, 0) is 4.79 Å². The molecule has 0 saturated heterocycles. The summed E-state index contributed by atoms with van der Waals surface area (Å²) in [6.07, 6.45) is 0. The number of carboxylic acids is 1. The highest BCUT2D eigenvalue weighted by Crippen LogP contribution is 2.26. The average Bonchev–Trinajstić information content (AvgIpc) is 3.04. The first-order valence-corrected chi connectivity index (χ1v) is 8.06. The van der Waals surface area contributed by atoms with Gasteiger partial charge in [0.1, 0.15) is 15.9 Å². The normalized spacial score (nSPS) is 9.95. The number of rotatable bonds is 5. The number of thioether (sulfide) groups is 1. The number of carboxylic acid groups (broad SMARTS) is 1. The van der Waals surface area contributed by atoms with Crippen LogP contribution in [0, 0.1) is 11.3 Å². The van der Waals surface area contributed by atoms with E-state index in [-0.39, 0.29) is 16.5 Å². The third-order valence-electron chi connectivity index (χ3n) is 2.19. The molecule has 0 aromatic carbocycles. The van der Waals surface area contributed by atoms with Crippen molar-refractivity contribution in [1.29, 1.82) is 5.26 Å². The summed E-state index contributed by atoms with van der Waals surface area (Å²) >= 11 is 3.68. The Hall–Kier alpha value is -1.82. The number of anilines is 1. The van der Waals surface area contributed by atoms with Crippen LogP contribution < -0.4 is 5.32 Å². The van der Waals surface area contributed by atoms with Gasteiger partial charge in [0.15, 0.2) is 0 Å². The fraction of sp³-hybridized carbons (Fsp3) is 0.0833. The van der Waals surface area contributed by atoms with Gasteiger partial charge < -0.3 is 10.4 Å². The van der Waals surface area contributed by atoms with Gasteiger partial charge in [-0.1, -0.05) is 0 Å². The van der Waals surface area contributed by atoms with Gasteiger partial charge in [0.2, 0.25) is 5.91 Å². The fourth-order valence-electron chi connectivity index (χ4n) is 1.31. The van der Waals surface area contributed by atoms with Gasteiger partial charge in [-0.05, 0) is 17.5 Å². The van der Waals surface area contributed by atoms with Gasteiger partial charge in [-0.25, -0.2) is 4.79 Å². The van der Waals surface area contributed by atoms with Crippen molar-refractivity contribution in [1.82, 2.24) is 0 Å². The van der Waals surface area contributed by atoms with Crippen molar-refractivity contribution in [2.75, 3.05) is 11.1 Å². The van der Waals surface area contributed by atoms with Gasteiger partial charge in [0.25, 0.3) is 0 Å². The number of nitrogens with one attached hydrogen (secondary N) is 1. The third kappa shape index (κ3) is 3.60. The Morgan fingerprint density at radius 2 is 2.25 bits per heavy atom. The molecule has 20 heavy (non-hydrogen) atoms. The van der Waals surface area contributed by atoms with Crippen LogP contribution in [0.25, 0.3) is 0 Å². The lowest BCUT2D eigenvalue weighted by Gasteiger charge is -2.02. The van der Waals surface area contributed by atoms with E-state index < -0.39 is 5.97 Å². The molecular weight excluding hydrogens is 316 g/mol. The van der Waals surface area contributed by atoms with Crippen LogP contribution in [0.2, 0.25) is 0 Å². The van der Waals surface area contributed by atoms with Crippen molar-refractivity contribution in [3.63, 3.8) is 0 Å². The van der Waals surface area contributed by atoms with Gasteiger partial charge in [-0.2, -0.15) is 5.26 Å². The van der Waals surface area contributed by atoms with Crippen LogP contribution in [0.3, 0.4) is 0 Å². The number of carbonyl (C=O) groups is 2. The number of hydrogen-bond donors (Lipinski definition) is 2. The van der Waals surface area contributed by atoms with Gasteiger partial charge in [0, 0.05) is 10.3 Å². The van der Waals surface area contributed by atoms with Crippen molar-refractivity contribution in [2.45, 2.75) is 4.90 Å². The van der Waals surface area contributed by atoms with Gasteiger partial charge >= 0.3 is 5.97 Å². The molecule has 2 aromatic heterocycles. The minimum Gasteiger partial charge on any atom is -0.477 e. The predicted molar refractivity (Wildman–Crippen MR) is 79.7 cm³/mol. The highest BCUT2D eigenvalue weighted by atomic mass is 32.2. The molecule has 0 unspecified atom stereocenters. The van der Waals surface area contributed by atoms with E-state index in [1.807, 2.05) is 6.07 Å². The molecule has 5 nitrogen and oxygen atoms in total. The Labute approximate surface area is 126 Å². The van der Waals surface area contributed by atoms with Crippen molar-refractivity contribution in [3.05, 3.63) is 33.3 Å². The first-order chi connectivity index (χ1) is 9.60. The van der Waals surface area contributed by atoms with Crippen molar-refractivity contribution < 1.29 is 14.7 Å². The maximum Gasteiger partial charge on any atom is 0.345 e. The molecule has 0 fully saturated rings. The van der Waals surface area contributed by atoms with Crippen molar-refractivity contribution in [3.8, 4) is 6.07 Å². The Balaban J connectivity index is 1.89. The second-order valence-electron chi connectivity index (χ2n) is 3.56. The Morgan fingerprint density at radius 3 is 2.90 bits per heavy atom. The minimum atomic E-state index is -0.969. The zero-order valence-corrected chi connectivity index (χ0v) is 12.4. The summed E-state index contributed by atoms with van der Waals surface area (Å²) in [6.45, 7) is 0. The number of amides is 1. The van der Waals surface area contributed by atoms with E-state index in [1.54, 1.807) is 16.8 Å². The molecule has 0 spiro atoms. The van der Waals surface area contributed by atoms with Crippen LogP contribution in [0.4, 0.5) is 5.00 Å². The SMILES string of the molecule is N#Cc1ccsc1NC(=O)CSc1csc(C(=O)O)c1. The molecule has 0 atom stereocenters. The molecule has 0 aliphatic heterocycles. The van der Waals surface area contributed by atoms with E-state index in [4.69, 9.17) is 10.4 Å². The van der Waals surface area contributed by atoms with E-state index in [9.17, 15) is 9.59 Å². The van der Waals surface area contributed by atoms with Crippen molar-refractivity contribution in [2.24, 2.45) is 0 Å². The summed E-state index contributed by atoms with van der Waals surface area (Å²) in [5, 5.41) is 24.3. The van der Waals surface area contributed by atoms with Crippen LogP contribution in [0.1, 0.15) is 15.2 Å².